The van der Waals surface area contributed by atoms with Crippen LogP contribution >= 0.6 is 0 Å². The summed E-state index contributed by atoms with van der Waals surface area (Å²) in [5.41, 5.74) is 1.87. The van der Waals surface area contributed by atoms with Gasteiger partial charge in [0.15, 0.2) is 0 Å². The average Bonchev–Trinajstić information content (AvgIpc) is 2.61. The van der Waals surface area contributed by atoms with Gasteiger partial charge in [-0.2, -0.15) is 0 Å². The maximum atomic E-state index is 11.9. The Bertz CT molecular complexity index is 475. The second kappa shape index (κ2) is 3.45. The summed E-state index contributed by atoms with van der Waals surface area (Å²) in [4.78, 5) is 24.5. The number of β-lactam (4-membered cyclic amide) rings is 1. The van der Waals surface area contributed by atoms with Crippen molar-refractivity contribution in [3.63, 3.8) is 0 Å². The van der Waals surface area contributed by atoms with Gasteiger partial charge in [0, 0.05) is 11.5 Å². The lowest BCUT2D eigenvalue weighted by Gasteiger charge is -2.42. The maximum absolute atomic E-state index is 11.9. The number of fused-ring (bicyclic) bond motifs is 3. The molecule has 90 valence electrons. The van der Waals surface area contributed by atoms with E-state index in [0.29, 0.717) is 0 Å². The van der Waals surface area contributed by atoms with Gasteiger partial charge in [0.1, 0.15) is 0 Å². The number of aliphatic carboxylic acids is 1. The fourth-order valence-electron chi connectivity index (χ4n) is 3.46. The van der Waals surface area contributed by atoms with E-state index in [9.17, 15) is 14.7 Å². The highest BCUT2D eigenvalue weighted by Crippen LogP contribution is 2.50. The van der Waals surface area contributed by atoms with Crippen molar-refractivity contribution in [3.8, 4) is 0 Å². The lowest BCUT2D eigenvalue weighted by Crippen LogP contribution is -2.55. The van der Waals surface area contributed by atoms with Gasteiger partial charge in [0.2, 0.25) is 0 Å². The molecule has 2 atom stereocenters. The Hall–Kier alpha value is -1.58. The predicted octanol–water partition coefficient (Wildman–Crippen LogP) is 0.351. The van der Waals surface area contributed by atoms with Crippen LogP contribution in [0.2, 0.25) is 0 Å². The summed E-state index contributed by atoms with van der Waals surface area (Å²) in [5.74, 6) is -1.13. The van der Waals surface area contributed by atoms with Crippen molar-refractivity contribution in [3.05, 3.63) is 22.9 Å². The van der Waals surface area contributed by atoms with Crippen molar-refractivity contribution in [2.75, 3.05) is 0 Å². The van der Waals surface area contributed by atoms with E-state index in [4.69, 9.17) is 0 Å². The molecule has 1 saturated carbocycles. The molecule has 1 unspecified atom stereocenters. The number of carboxylic acids is 1. The molecular formula is C13H14NO3-. The average molecular weight is 232 g/mol. The molecule has 0 radical (unpaired) electrons. The minimum absolute atomic E-state index is 0.0179. The number of carbonyl (C=O) groups excluding carboxylic acids is 2. The highest BCUT2D eigenvalue weighted by molar-refractivity contribution is 6.08. The van der Waals surface area contributed by atoms with E-state index in [1.165, 1.54) is 4.90 Å². The predicted molar refractivity (Wildman–Crippen MR) is 58.4 cm³/mol. The minimum Gasteiger partial charge on any atom is -0.543 e. The summed E-state index contributed by atoms with van der Waals surface area (Å²) in [6.45, 7) is 1.84. The third-order valence-electron chi connectivity index (χ3n) is 4.15. The second-order valence-electron chi connectivity index (χ2n) is 4.88. The van der Waals surface area contributed by atoms with E-state index in [-0.39, 0.29) is 23.6 Å². The summed E-state index contributed by atoms with van der Waals surface area (Å²) in [7, 11) is 0. The van der Waals surface area contributed by atoms with Crippen molar-refractivity contribution in [2.45, 2.75) is 38.6 Å². The molecule has 4 nitrogen and oxygen atoms in total. The number of carboxylic acid groups (broad SMARTS) is 1. The molecule has 1 aliphatic carbocycles. The third-order valence-corrected chi connectivity index (χ3v) is 4.15. The van der Waals surface area contributed by atoms with E-state index in [2.05, 4.69) is 0 Å². The molecule has 4 heteroatoms. The minimum atomic E-state index is -1.20. The van der Waals surface area contributed by atoms with E-state index in [0.717, 1.165) is 36.8 Å². The zero-order valence-corrected chi connectivity index (χ0v) is 9.73. The van der Waals surface area contributed by atoms with Gasteiger partial charge < -0.3 is 9.90 Å². The monoisotopic (exact) mass is 232 g/mol. The topological polar surface area (TPSA) is 60.4 Å². The molecule has 2 aliphatic heterocycles. The van der Waals surface area contributed by atoms with Gasteiger partial charge in [-0.1, -0.05) is 12.5 Å². The van der Waals surface area contributed by atoms with Crippen LogP contribution in [-0.4, -0.2) is 22.8 Å². The Labute approximate surface area is 99.6 Å². The van der Waals surface area contributed by atoms with Gasteiger partial charge in [-0.05, 0) is 31.8 Å². The summed E-state index contributed by atoms with van der Waals surface area (Å²) in [5, 5.41) is 11.2. The zero-order chi connectivity index (χ0) is 12.2. The Kier molecular flexibility index (Phi) is 2.15. The number of hydrogen-bond donors (Lipinski definition) is 0. The number of carbonyl (C=O) groups is 2. The quantitative estimate of drug-likeness (QED) is 0.484. The molecule has 0 spiro atoms. The van der Waals surface area contributed by atoms with Crippen LogP contribution in [-0.2, 0) is 9.59 Å². The van der Waals surface area contributed by atoms with Crippen molar-refractivity contribution < 1.29 is 14.7 Å². The number of nitrogens with zero attached hydrogens (tertiary/aromatic N) is 1. The first kappa shape index (κ1) is 10.6. The zero-order valence-electron chi connectivity index (χ0n) is 9.73. The lowest BCUT2D eigenvalue weighted by atomic mass is 9.77. The normalized spacial score (nSPS) is 33.6. The van der Waals surface area contributed by atoms with Crippen LogP contribution < -0.4 is 5.11 Å². The Morgan fingerprint density at radius 2 is 2.24 bits per heavy atom. The maximum Gasteiger partial charge on any atom is 0.256 e. The van der Waals surface area contributed by atoms with E-state index < -0.39 is 5.97 Å². The van der Waals surface area contributed by atoms with Gasteiger partial charge in [0.05, 0.1) is 17.7 Å². The Morgan fingerprint density at radius 3 is 2.88 bits per heavy atom. The summed E-state index contributed by atoms with van der Waals surface area (Å²) < 4.78 is 0. The molecule has 0 aromatic heterocycles. The van der Waals surface area contributed by atoms with Crippen LogP contribution in [0.25, 0.3) is 0 Å². The molecule has 1 saturated heterocycles. The van der Waals surface area contributed by atoms with E-state index in [1.54, 1.807) is 0 Å². The van der Waals surface area contributed by atoms with Gasteiger partial charge in [-0.15, -0.1) is 0 Å². The Balaban J connectivity index is 2.07. The number of hydrogen-bond acceptors (Lipinski definition) is 3. The second-order valence-corrected chi connectivity index (χ2v) is 4.88. The van der Waals surface area contributed by atoms with Crippen LogP contribution in [0.4, 0.5) is 0 Å². The summed E-state index contributed by atoms with van der Waals surface area (Å²) in [6, 6.07) is -0.0179. The molecule has 0 aromatic rings. The molecule has 3 rings (SSSR count). The molecular weight excluding hydrogens is 218 g/mol. The first-order valence-corrected chi connectivity index (χ1v) is 6.11. The van der Waals surface area contributed by atoms with Crippen molar-refractivity contribution in [1.29, 1.82) is 0 Å². The number of rotatable bonds is 1. The van der Waals surface area contributed by atoms with Crippen molar-refractivity contribution in [1.82, 2.24) is 4.90 Å². The fourth-order valence-corrected chi connectivity index (χ4v) is 3.46. The molecule has 17 heavy (non-hydrogen) atoms. The highest BCUT2D eigenvalue weighted by atomic mass is 16.4. The van der Waals surface area contributed by atoms with E-state index in [1.807, 2.05) is 13.0 Å². The van der Waals surface area contributed by atoms with Crippen molar-refractivity contribution in [2.24, 2.45) is 5.92 Å². The SMILES string of the molecule is C/C=C1/C(=O)N2C(C(=O)[O-])=C3CCCCC3[C@@H]12. The summed E-state index contributed by atoms with van der Waals surface area (Å²) >= 11 is 0. The van der Waals surface area contributed by atoms with Crippen molar-refractivity contribution >= 4 is 11.9 Å². The third kappa shape index (κ3) is 1.18. The van der Waals surface area contributed by atoms with Gasteiger partial charge >= 0.3 is 0 Å². The fraction of sp³-hybridized carbons (Fsp3) is 0.538. The lowest BCUT2D eigenvalue weighted by molar-refractivity contribution is -0.301. The largest absolute Gasteiger partial charge is 0.543 e. The smallest absolute Gasteiger partial charge is 0.256 e. The molecule has 0 aromatic carbocycles. The first-order chi connectivity index (χ1) is 8.16. The molecule has 0 bridgehead atoms. The first-order valence-electron chi connectivity index (χ1n) is 6.11. The molecule has 2 heterocycles. The van der Waals surface area contributed by atoms with Crippen LogP contribution in [0.1, 0.15) is 32.6 Å². The van der Waals surface area contributed by atoms with Gasteiger partial charge in [-0.25, -0.2) is 0 Å². The molecule has 1 amide bonds. The van der Waals surface area contributed by atoms with Crippen LogP contribution in [0.3, 0.4) is 0 Å². The number of amides is 1. The van der Waals surface area contributed by atoms with Gasteiger partial charge in [0.25, 0.3) is 5.91 Å². The van der Waals surface area contributed by atoms with E-state index >= 15 is 0 Å². The molecule has 2 fully saturated rings. The van der Waals surface area contributed by atoms with Gasteiger partial charge in [-0.3, -0.25) is 9.69 Å². The number of allylic oxidation sites excluding steroid dienone is 1. The molecule has 0 N–H and O–H groups in total. The van der Waals surface area contributed by atoms with Crippen LogP contribution in [0, 0.1) is 5.92 Å². The molecule has 3 aliphatic rings. The standard InChI is InChI=1S/C13H15NO3/c1-2-7-10-8-5-3-4-6-9(8)11(13(16)17)14(10)12(7)15/h2,8,10H,3-6H2,1H3,(H,16,17)/p-1/b7-2+/t8?,10-/m1/s1. The highest BCUT2D eigenvalue weighted by Gasteiger charge is 2.54. The van der Waals surface area contributed by atoms with Crippen LogP contribution in [0.5, 0.6) is 0 Å². The summed E-state index contributed by atoms with van der Waals surface area (Å²) in [6.07, 6.45) is 5.73. The Morgan fingerprint density at radius 1 is 1.47 bits per heavy atom. The van der Waals surface area contributed by atoms with Crippen LogP contribution in [0.15, 0.2) is 22.9 Å².